The number of nitrogens with zero attached hydrogens (tertiary/aromatic N) is 4. The summed E-state index contributed by atoms with van der Waals surface area (Å²) in [4.78, 5) is 24.2. The summed E-state index contributed by atoms with van der Waals surface area (Å²) >= 11 is 1.48. The first-order valence-electron chi connectivity index (χ1n) is 11.1. The molecule has 1 unspecified atom stereocenters. The molecule has 2 N–H and O–H groups in total. The van der Waals surface area contributed by atoms with Crippen LogP contribution in [0.4, 0.5) is 16.5 Å². The molecule has 4 aromatic rings. The first-order chi connectivity index (χ1) is 16.2. The molecule has 1 amide bonds. The van der Waals surface area contributed by atoms with Crippen molar-refractivity contribution in [2.45, 2.75) is 25.4 Å². The fourth-order valence-electron chi connectivity index (χ4n) is 4.30. The van der Waals surface area contributed by atoms with Crippen LogP contribution in [-0.4, -0.2) is 34.0 Å². The van der Waals surface area contributed by atoms with Crippen LogP contribution >= 0.6 is 11.3 Å². The molecule has 0 radical (unpaired) electrons. The van der Waals surface area contributed by atoms with Gasteiger partial charge in [0.1, 0.15) is 5.69 Å². The smallest absolute Gasteiger partial charge is 0.274 e. The lowest BCUT2D eigenvalue weighted by molar-refractivity contribution is 0.101. The van der Waals surface area contributed by atoms with Gasteiger partial charge in [0.05, 0.1) is 11.7 Å². The van der Waals surface area contributed by atoms with Gasteiger partial charge in [-0.2, -0.15) is 0 Å². The van der Waals surface area contributed by atoms with Crippen LogP contribution in [0.2, 0.25) is 0 Å². The molecule has 1 atom stereocenters. The molecule has 0 spiro atoms. The number of nitrogens with one attached hydrogen (secondary N) is 2. The van der Waals surface area contributed by atoms with Gasteiger partial charge >= 0.3 is 0 Å². The lowest BCUT2D eigenvalue weighted by Gasteiger charge is -2.25. The summed E-state index contributed by atoms with van der Waals surface area (Å²) in [5.74, 6) is -0.152. The first-order valence-corrected chi connectivity index (χ1v) is 11.9. The molecule has 1 fully saturated rings. The molecule has 5 rings (SSSR count). The van der Waals surface area contributed by atoms with E-state index in [0.717, 1.165) is 36.3 Å². The van der Waals surface area contributed by atoms with Crippen molar-refractivity contribution in [3.63, 3.8) is 0 Å². The van der Waals surface area contributed by atoms with E-state index in [1.807, 2.05) is 42.1 Å². The lowest BCUT2D eigenvalue weighted by atomic mass is 10.1. The predicted octanol–water partition coefficient (Wildman–Crippen LogP) is 5.02. The summed E-state index contributed by atoms with van der Waals surface area (Å²) in [6.07, 6.45) is 7.62. The van der Waals surface area contributed by atoms with Crippen LogP contribution in [0.5, 0.6) is 0 Å². The first kappa shape index (κ1) is 21.2. The van der Waals surface area contributed by atoms with Crippen LogP contribution in [0.25, 0.3) is 0 Å². The quantitative estimate of drug-likeness (QED) is 0.407. The summed E-state index contributed by atoms with van der Waals surface area (Å²) in [6.45, 7) is 1.62. The van der Waals surface area contributed by atoms with Crippen LogP contribution in [-0.2, 0) is 6.54 Å². The number of carbonyl (C=O) groups is 1. The third kappa shape index (κ3) is 4.61. The molecule has 168 valence electrons. The second-order valence-electron chi connectivity index (χ2n) is 8.06. The van der Waals surface area contributed by atoms with E-state index in [1.54, 1.807) is 12.4 Å². The van der Waals surface area contributed by atoms with Crippen LogP contribution in [0.3, 0.4) is 0 Å². The Labute approximate surface area is 197 Å². The highest BCUT2D eigenvalue weighted by Crippen LogP contribution is 2.37. The van der Waals surface area contributed by atoms with Crippen molar-refractivity contribution >= 4 is 33.8 Å². The Bertz CT molecular complexity index is 1220. The minimum absolute atomic E-state index is 0.152. The minimum atomic E-state index is -0.152. The molecule has 3 aromatic heterocycles. The molecule has 33 heavy (non-hydrogen) atoms. The maximum atomic E-state index is 13.0. The molecular weight excluding hydrogens is 432 g/mol. The van der Waals surface area contributed by atoms with Gasteiger partial charge < -0.3 is 14.8 Å². The topological polar surface area (TPSA) is 75.1 Å². The molecule has 0 saturated carbocycles. The zero-order valence-electron chi connectivity index (χ0n) is 18.4. The highest BCUT2D eigenvalue weighted by atomic mass is 32.1. The SMILES string of the molecule is CNc1ccc(N2CCCC2c2csc(NC(=O)c3cccn3Cc3ccncc3)n2)cc1. The Kier molecular flexibility index (Phi) is 6.08. The molecule has 0 aliphatic carbocycles. The third-order valence-electron chi connectivity index (χ3n) is 5.99. The number of hydrogen-bond acceptors (Lipinski definition) is 6. The number of pyridine rings is 1. The van der Waals surface area contributed by atoms with Gasteiger partial charge in [0.25, 0.3) is 5.91 Å². The summed E-state index contributed by atoms with van der Waals surface area (Å²) in [5.41, 5.74) is 5.01. The number of rotatable bonds is 7. The average molecular weight is 459 g/mol. The van der Waals surface area contributed by atoms with Gasteiger partial charge in [-0.05, 0) is 66.9 Å². The summed E-state index contributed by atoms with van der Waals surface area (Å²) in [5, 5.41) is 8.85. The Morgan fingerprint density at radius 2 is 1.97 bits per heavy atom. The van der Waals surface area contributed by atoms with Gasteiger partial charge in [0.15, 0.2) is 5.13 Å². The molecule has 4 heterocycles. The van der Waals surface area contributed by atoms with E-state index in [9.17, 15) is 4.79 Å². The third-order valence-corrected chi connectivity index (χ3v) is 6.76. The van der Waals surface area contributed by atoms with E-state index in [2.05, 4.69) is 50.2 Å². The maximum absolute atomic E-state index is 13.0. The number of benzene rings is 1. The highest BCUT2D eigenvalue weighted by Gasteiger charge is 2.28. The molecule has 1 aliphatic rings. The molecule has 8 heteroatoms. The van der Waals surface area contributed by atoms with Gasteiger partial charge in [-0.25, -0.2) is 4.98 Å². The second-order valence-corrected chi connectivity index (χ2v) is 8.91. The Morgan fingerprint density at radius 1 is 1.15 bits per heavy atom. The number of aromatic nitrogens is 3. The van der Waals surface area contributed by atoms with Gasteiger partial charge in [0.2, 0.25) is 0 Å². The van der Waals surface area contributed by atoms with E-state index < -0.39 is 0 Å². The van der Waals surface area contributed by atoms with Crippen molar-refractivity contribution in [3.8, 4) is 0 Å². The van der Waals surface area contributed by atoms with Gasteiger partial charge in [-0.15, -0.1) is 11.3 Å². The fourth-order valence-corrected chi connectivity index (χ4v) is 5.06. The van der Waals surface area contributed by atoms with Crippen molar-refractivity contribution in [2.24, 2.45) is 0 Å². The van der Waals surface area contributed by atoms with Gasteiger partial charge in [-0.3, -0.25) is 15.1 Å². The lowest BCUT2D eigenvalue weighted by Crippen LogP contribution is -2.23. The van der Waals surface area contributed by atoms with Crippen LogP contribution in [0, 0.1) is 0 Å². The van der Waals surface area contributed by atoms with Gasteiger partial charge in [-0.1, -0.05) is 0 Å². The number of anilines is 3. The van der Waals surface area contributed by atoms with E-state index >= 15 is 0 Å². The molecule has 0 bridgehead atoms. The number of thiazole rings is 1. The van der Waals surface area contributed by atoms with Crippen LogP contribution in [0.1, 0.15) is 40.6 Å². The van der Waals surface area contributed by atoms with Crippen molar-refractivity contribution < 1.29 is 4.79 Å². The van der Waals surface area contributed by atoms with Gasteiger partial charge in [0, 0.05) is 55.5 Å². The highest BCUT2D eigenvalue weighted by molar-refractivity contribution is 7.14. The molecule has 1 saturated heterocycles. The summed E-state index contributed by atoms with van der Waals surface area (Å²) in [7, 11) is 1.93. The van der Waals surface area contributed by atoms with Crippen molar-refractivity contribution in [2.75, 3.05) is 29.1 Å². The summed E-state index contributed by atoms with van der Waals surface area (Å²) < 4.78 is 1.94. The van der Waals surface area contributed by atoms with Crippen LogP contribution in [0.15, 0.2) is 72.5 Å². The fraction of sp³-hybridized carbons (Fsp3) is 0.240. The molecular formula is C25H26N6OS. The van der Waals surface area contributed by atoms with Crippen LogP contribution < -0.4 is 15.5 Å². The largest absolute Gasteiger partial charge is 0.388 e. The van der Waals surface area contributed by atoms with Crippen molar-refractivity contribution in [3.05, 3.63) is 89.5 Å². The Hall–Kier alpha value is -3.65. The zero-order chi connectivity index (χ0) is 22.6. The predicted molar refractivity (Wildman–Crippen MR) is 133 cm³/mol. The number of hydrogen-bond donors (Lipinski definition) is 2. The Balaban J connectivity index is 1.28. The van der Waals surface area contributed by atoms with E-state index in [1.165, 1.54) is 17.0 Å². The average Bonchev–Trinajstić information content (AvgIpc) is 3.60. The maximum Gasteiger partial charge on any atom is 0.274 e. The molecule has 1 aromatic carbocycles. The Morgan fingerprint density at radius 3 is 2.76 bits per heavy atom. The minimum Gasteiger partial charge on any atom is -0.388 e. The summed E-state index contributed by atoms with van der Waals surface area (Å²) in [6, 6.07) is 16.3. The van der Waals surface area contributed by atoms with E-state index in [-0.39, 0.29) is 11.9 Å². The number of carbonyl (C=O) groups excluding carboxylic acids is 1. The van der Waals surface area contributed by atoms with E-state index in [0.29, 0.717) is 17.4 Å². The number of amides is 1. The monoisotopic (exact) mass is 458 g/mol. The zero-order valence-corrected chi connectivity index (χ0v) is 19.3. The molecule has 7 nitrogen and oxygen atoms in total. The second kappa shape index (κ2) is 9.46. The standard InChI is InChI=1S/C25H26N6OS/c1-26-19-6-8-20(9-7-19)31-15-3-4-22(31)21-17-33-25(28-21)29-24(32)23-5-2-14-30(23)16-18-10-12-27-13-11-18/h2,5-14,17,22,26H,3-4,15-16H2,1H3,(H,28,29,32). The molecule has 1 aliphatic heterocycles. The normalized spacial score (nSPS) is 15.5. The van der Waals surface area contributed by atoms with Crippen molar-refractivity contribution in [1.29, 1.82) is 0 Å². The van der Waals surface area contributed by atoms with Crippen molar-refractivity contribution in [1.82, 2.24) is 14.5 Å². The van der Waals surface area contributed by atoms with E-state index in [4.69, 9.17) is 4.98 Å².